The van der Waals surface area contributed by atoms with Gasteiger partial charge in [0.05, 0.1) is 0 Å². The molecule has 1 heterocycles. The van der Waals surface area contributed by atoms with E-state index in [9.17, 15) is 4.79 Å². The summed E-state index contributed by atoms with van der Waals surface area (Å²) in [6, 6.07) is 0.482. The summed E-state index contributed by atoms with van der Waals surface area (Å²) in [5.41, 5.74) is 1.66. The van der Waals surface area contributed by atoms with Crippen LogP contribution in [0.15, 0.2) is 6.20 Å². The van der Waals surface area contributed by atoms with Crippen LogP contribution in [0.5, 0.6) is 0 Å². The summed E-state index contributed by atoms with van der Waals surface area (Å²) in [7, 11) is 0. The van der Waals surface area contributed by atoms with Crippen molar-refractivity contribution < 1.29 is 4.79 Å². The van der Waals surface area contributed by atoms with Crippen LogP contribution in [-0.4, -0.2) is 21.8 Å². The second-order valence-electron chi connectivity index (χ2n) is 5.32. The summed E-state index contributed by atoms with van der Waals surface area (Å²) in [6.45, 7) is 0. The van der Waals surface area contributed by atoms with Crippen molar-refractivity contribution in [2.24, 2.45) is 0 Å². The molecule has 2 aliphatic carbocycles. The van der Waals surface area contributed by atoms with Gasteiger partial charge < -0.3 is 5.32 Å². The molecule has 18 heavy (non-hydrogen) atoms. The Morgan fingerprint density at radius 2 is 1.94 bits per heavy atom. The average molecular weight is 245 g/mol. The van der Waals surface area contributed by atoms with Crippen LogP contribution < -0.4 is 5.32 Å². The second-order valence-corrected chi connectivity index (χ2v) is 5.32. The number of aromatic nitrogens is 2. The van der Waals surface area contributed by atoms with Crippen LogP contribution in [0.2, 0.25) is 0 Å². The molecule has 0 amide bonds. The molecule has 1 N–H and O–H groups in total. The van der Waals surface area contributed by atoms with Crippen LogP contribution in [0.3, 0.4) is 0 Å². The van der Waals surface area contributed by atoms with Crippen molar-refractivity contribution in [3.05, 3.63) is 17.5 Å². The molecule has 3 rings (SSSR count). The second kappa shape index (κ2) is 5.04. The lowest BCUT2D eigenvalue weighted by Gasteiger charge is -2.23. The minimum atomic E-state index is 0.172. The van der Waals surface area contributed by atoms with Crippen LogP contribution in [0.25, 0.3) is 0 Å². The van der Waals surface area contributed by atoms with Gasteiger partial charge >= 0.3 is 0 Å². The van der Waals surface area contributed by atoms with Crippen molar-refractivity contribution in [1.82, 2.24) is 9.97 Å². The molecule has 0 aliphatic heterocycles. The number of carbonyl (C=O) groups is 1. The first kappa shape index (κ1) is 11.6. The molecule has 1 aromatic rings. The molecule has 1 fully saturated rings. The molecule has 4 heteroatoms. The Hall–Kier alpha value is -1.45. The number of anilines is 1. The molecule has 0 bridgehead atoms. The lowest BCUT2D eigenvalue weighted by Crippen LogP contribution is -2.24. The molecule has 1 aromatic heterocycles. The number of Topliss-reactive ketones (excluding diaryl/α,β-unsaturated/α-hetero) is 1. The van der Waals surface area contributed by atoms with Crippen LogP contribution in [0.4, 0.5) is 5.95 Å². The molecular weight excluding hydrogens is 226 g/mol. The Balaban J connectivity index is 1.76. The van der Waals surface area contributed by atoms with Gasteiger partial charge in [-0.05, 0) is 31.2 Å². The fourth-order valence-corrected chi connectivity index (χ4v) is 2.89. The summed E-state index contributed by atoms with van der Waals surface area (Å²) in [4.78, 5) is 20.6. The first-order valence-corrected chi connectivity index (χ1v) is 6.98. The van der Waals surface area contributed by atoms with Crippen molar-refractivity contribution in [3.63, 3.8) is 0 Å². The minimum absolute atomic E-state index is 0.172. The zero-order chi connectivity index (χ0) is 12.4. The van der Waals surface area contributed by atoms with Crippen molar-refractivity contribution in [2.75, 3.05) is 5.32 Å². The van der Waals surface area contributed by atoms with E-state index in [0.29, 0.717) is 24.1 Å². The normalized spacial score (nSPS) is 20.6. The monoisotopic (exact) mass is 245 g/mol. The van der Waals surface area contributed by atoms with E-state index in [1.165, 1.54) is 32.1 Å². The fraction of sp³-hybridized carbons (Fsp3) is 0.643. The standard InChI is InChI=1S/C14H19N3O/c18-12-8-4-5-10-9-15-14(17-13(10)12)16-11-6-2-1-3-7-11/h9,11H,1-8H2,(H,15,16,17). The molecule has 4 nitrogen and oxygen atoms in total. The van der Waals surface area contributed by atoms with Crippen LogP contribution in [-0.2, 0) is 6.42 Å². The summed E-state index contributed by atoms with van der Waals surface area (Å²) in [5.74, 6) is 0.807. The van der Waals surface area contributed by atoms with Gasteiger partial charge in [-0.3, -0.25) is 4.79 Å². The van der Waals surface area contributed by atoms with E-state index >= 15 is 0 Å². The van der Waals surface area contributed by atoms with E-state index in [2.05, 4.69) is 15.3 Å². The third-order valence-corrected chi connectivity index (χ3v) is 3.92. The van der Waals surface area contributed by atoms with Gasteiger partial charge in [-0.15, -0.1) is 0 Å². The van der Waals surface area contributed by atoms with Gasteiger partial charge in [0.2, 0.25) is 5.95 Å². The molecule has 2 aliphatic rings. The van der Waals surface area contributed by atoms with Gasteiger partial charge in [0, 0.05) is 18.7 Å². The molecule has 1 saturated carbocycles. The molecule has 0 saturated heterocycles. The highest BCUT2D eigenvalue weighted by Gasteiger charge is 2.21. The minimum Gasteiger partial charge on any atom is -0.351 e. The van der Waals surface area contributed by atoms with E-state index in [1.807, 2.05) is 6.20 Å². The highest BCUT2D eigenvalue weighted by Crippen LogP contribution is 2.22. The van der Waals surface area contributed by atoms with E-state index in [1.54, 1.807) is 0 Å². The quantitative estimate of drug-likeness (QED) is 0.870. The number of ketones is 1. The SMILES string of the molecule is O=C1CCCc2cnc(NC3CCCCC3)nc21. The van der Waals surface area contributed by atoms with Gasteiger partial charge in [0.15, 0.2) is 5.78 Å². The molecule has 0 unspecified atom stereocenters. The number of rotatable bonds is 2. The van der Waals surface area contributed by atoms with Crippen molar-refractivity contribution in [1.29, 1.82) is 0 Å². The maximum absolute atomic E-state index is 11.8. The lowest BCUT2D eigenvalue weighted by atomic mass is 9.95. The number of hydrogen-bond donors (Lipinski definition) is 1. The predicted octanol–water partition coefficient (Wildman–Crippen LogP) is 2.74. The summed E-state index contributed by atoms with van der Waals surface area (Å²) < 4.78 is 0. The topological polar surface area (TPSA) is 54.9 Å². The maximum Gasteiger partial charge on any atom is 0.223 e. The van der Waals surface area contributed by atoms with Gasteiger partial charge in [-0.1, -0.05) is 19.3 Å². The predicted molar refractivity (Wildman–Crippen MR) is 69.8 cm³/mol. The number of fused-ring (bicyclic) bond motifs is 1. The Morgan fingerprint density at radius 1 is 1.11 bits per heavy atom. The number of carbonyl (C=O) groups excluding carboxylic acids is 1. The number of hydrogen-bond acceptors (Lipinski definition) is 4. The molecule has 0 spiro atoms. The van der Waals surface area contributed by atoms with Crippen molar-refractivity contribution in [2.45, 2.75) is 57.4 Å². The maximum atomic E-state index is 11.8. The third kappa shape index (κ3) is 2.37. The van der Waals surface area contributed by atoms with Crippen LogP contribution >= 0.6 is 0 Å². The number of aryl methyl sites for hydroxylation is 1. The number of nitrogens with zero attached hydrogens (tertiary/aromatic N) is 2. The molecule has 0 aromatic carbocycles. The fourth-order valence-electron chi connectivity index (χ4n) is 2.89. The van der Waals surface area contributed by atoms with E-state index in [4.69, 9.17) is 0 Å². The van der Waals surface area contributed by atoms with Crippen LogP contribution in [0, 0.1) is 0 Å². The summed E-state index contributed by atoms with van der Waals surface area (Å²) >= 11 is 0. The van der Waals surface area contributed by atoms with Gasteiger partial charge in [0.1, 0.15) is 5.69 Å². The van der Waals surface area contributed by atoms with Gasteiger partial charge in [-0.25, -0.2) is 9.97 Å². The van der Waals surface area contributed by atoms with E-state index in [0.717, 1.165) is 18.4 Å². The Morgan fingerprint density at radius 3 is 2.78 bits per heavy atom. The van der Waals surface area contributed by atoms with Crippen molar-refractivity contribution in [3.8, 4) is 0 Å². The highest BCUT2D eigenvalue weighted by atomic mass is 16.1. The largest absolute Gasteiger partial charge is 0.351 e. The van der Waals surface area contributed by atoms with Crippen molar-refractivity contribution >= 4 is 11.7 Å². The zero-order valence-electron chi connectivity index (χ0n) is 10.6. The average Bonchev–Trinajstić information content (AvgIpc) is 2.41. The lowest BCUT2D eigenvalue weighted by molar-refractivity contribution is 0.0967. The molecular formula is C14H19N3O. The molecule has 0 radical (unpaired) electrons. The van der Waals surface area contributed by atoms with Gasteiger partial charge in [-0.2, -0.15) is 0 Å². The molecule has 96 valence electrons. The summed E-state index contributed by atoms with van der Waals surface area (Å²) in [5, 5.41) is 3.38. The first-order valence-electron chi connectivity index (χ1n) is 6.98. The highest BCUT2D eigenvalue weighted by molar-refractivity contribution is 5.96. The van der Waals surface area contributed by atoms with Crippen LogP contribution in [0.1, 0.15) is 61.0 Å². The van der Waals surface area contributed by atoms with Gasteiger partial charge in [0.25, 0.3) is 0 Å². The van der Waals surface area contributed by atoms with E-state index < -0.39 is 0 Å². The Kier molecular flexibility index (Phi) is 3.26. The zero-order valence-corrected chi connectivity index (χ0v) is 10.6. The first-order chi connectivity index (χ1) is 8.83. The number of nitrogens with one attached hydrogen (secondary N) is 1. The van der Waals surface area contributed by atoms with E-state index in [-0.39, 0.29) is 5.78 Å². The molecule has 0 atom stereocenters. The smallest absolute Gasteiger partial charge is 0.223 e. The Labute approximate surface area is 107 Å². The Bertz CT molecular complexity index is 452. The summed E-state index contributed by atoms with van der Waals surface area (Å²) in [6.07, 6.45) is 10.6. The third-order valence-electron chi connectivity index (χ3n) is 3.92.